The summed E-state index contributed by atoms with van der Waals surface area (Å²) in [5, 5.41) is 2.92. The molecule has 2 amide bonds. The van der Waals surface area contributed by atoms with Crippen molar-refractivity contribution in [2.75, 3.05) is 31.0 Å². The van der Waals surface area contributed by atoms with E-state index in [0.29, 0.717) is 23.7 Å². The molecule has 6 heteroatoms. The highest BCUT2D eigenvalue weighted by atomic mass is 16.5. The number of hydrogen-bond donors (Lipinski definition) is 1. The molecule has 1 fully saturated rings. The van der Waals surface area contributed by atoms with Crippen molar-refractivity contribution in [2.45, 2.75) is 26.2 Å². The van der Waals surface area contributed by atoms with E-state index in [9.17, 15) is 9.59 Å². The molecule has 1 atom stereocenters. The zero-order valence-corrected chi connectivity index (χ0v) is 16.5. The summed E-state index contributed by atoms with van der Waals surface area (Å²) in [5.41, 5.74) is 2.64. The summed E-state index contributed by atoms with van der Waals surface area (Å²) in [4.78, 5) is 26.8. The second kappa shape index (κ2) is 8.78. The molecule has 0 radical (unpaired) electrons. The van der Waals surface area contributed by atoms with Gasteiger partial charge in [-0.3, -0.25) is 9.59 Å². The summed E-state index contributed by atoms with van der Waals surface area (Å²) in [6.45, 7) is 2.46. The van der Waals surface area contributed by atoms with Crippen LogP contribution in [0.15, 0.2) is 42.5 Å². The van der Waals surface area contributed by atoms with Gasteiger partial charge >= 0.3 is 0 Å². The first-order valence-corrected chi connectivity index (χ1v) is 9.48. The van der Waals surface area contributed by atoms with Crippen molar-refractivity contribution in [3.8, 4) is 11.5 Å². The summed E-state index contributed by atoms with van der Waals surface area (Å²) in [6.07, 6.45) is 2.28. The zero-order valence-electron chi connectivity index (χ0n) is 16.5. The maximum absolute atomic E-state index is 12.7. The van der Waals surface area contributed by atoms with Gasteiger partial charge in [0.2, 0.25) is 11.8 Å². The molecule has 1 unspecified atom stereocenters. The van der Waals surface area contributed by atoms with E-state index in [-0.39, 0.29) is 18.2 Å². The number of nitrogens with one attached hydrogen (secondary N) is 1. The largest absolute Gasteiger partial charge is 0.497 e. The van der Waals surface area contributed by atoms with Gasteiger partial charge in [0, 0.05) is 24.7 Å². The Kier molecular flexibility index (Phi) is 6.19. The third-order valence-corrected chi connectivity index (χ3v) is 4.93. The smallest absolute Gasteiger partial charge is 0.229 e. The zero-order chi connectivity index (χ0) is 20.1. The molecule has 0 spiro atoms. The molecular weight excluding hydrogens is 356 g/mol. The number of benzene rings is 2. The molecule has 28 heavy (non-hydrogen) atoms. The van der Waals surface area contributed by atoms with E-state index in [1.54, 1.807) is 37.3 Å². The Bertz CT molecular complexity index is 848. The molecule has 0 bridgehead atoms. The van der Waals surface area contributed by atoms with Crippen molar-refractivity contribution in [3.05, 3.63) is 48.0 Å². The fraction of sp³-hybridized carbons (Fsp3) is 0.364. The van der Waals surface area contributed by atoms with Crippen molar-refractivity contribution in [3.63, 3.8) is 0 Å². The SMILES string of the molecule is CCCc1ccc(NC(=O)C2CC(=O)N(c3ccc(OC)cc3OC)C2)cc1. The van der Waals surface area contributed by atoms with E-state index in [4.69, 9.17) is 9.47 Å². The number of ether oxygens (including phenoxy) is 2. The fourth-order valence-electron chi connectivity index (χ4n) is 3.41. The number of hydrogen-bond acceptors (Lipinski definition) is 4. The predicted octanol–water partition coefficient (Wildman–Crippen LogP) is 3.65. The maximum atomic E-state index is 12.7. The molecule has 0 saturated carbocycles. The second-order valence-electron chi connectivity index (χ2n) is 6.88. The van der Waals surface area contributed by atoms with Crippen LogP contribution >= 0.6 is 0 Å². The van der Waals surface area contributed by atoms with E-state index in [2.05, 4.69) is 12.2 Å². The number of methoxy groups -OCH3 is 2. The molecule has 2 aromatic carbocycles. The quantitative estimate of drug-likeness (QED) is 0.794. The number of aryl methyl sites for hydroxylation is 1. The fourth-order valence-corrected chi connectivity index (χ4v) is 3.41. The van der Waals surface area contributed by atoms with Crippen molar-refractivity contribution in [1.82, 2.24) is 0 Å². The number of rotatable bonds is 7. The van der Waals surface area contributed by atoms with Gasteiger partial charge in [-0.25, -0.2) is 0 Å². The van der Waals surface area contributed by atoms with Gasteiger partial charge in [0.25, 0.3) is 0 Å². The third kappa shape index (κ3) is 4.27. The molecule has 6 nitrogen and oxygen atoms in total. The van der Waals surface area contributed by atoms with Gasteiger partial charge in [0.1, 0.15) is 11.5 Å². The summed E-state index contributed by atoms with van der Waals surface area (Å²) in [7, 11) is 3.12. The Labute approximate surface area is 165 Å². The second-order valence-corrected chi connectivity index (χ2v) is 6.88. The first-order valence-electron chi connectivity index (χ1n) is 9.48. The summed E-state index contributed by atoms with van der Waals surface area (Å²) < 4.78 is 10.6. The Morgan fingerprint density at radius 2 is 1.89 bits per heavy atom. The topological polar surface area (TPSA) is 67.9 Å². The van der Waals surface area contributed by atoms with Crippen LogP contribution in [0.25, 0.3) is 0 Å². The lowest BCUT2D eigenvalue weighted by Gasteiger charge is -2.20. The Hall–Kier alpha value is -3.02. The van der Waals surface area contributed by atoms with Crippen molar-refractivity contribution in [1.29, 1.82) is 0 Å². The average Bonchev–Trinajstić information content (AvgIpc) is 3.10. The van der Waals surface area contributed by atoms with E-state index < -0.39 is 5.92 Å². The van der Waals surface area contributed by atoms with Crippen LogP contribution in [0.5, 0.6) is 11.5 Å². The van der Waals surface area contributed by atoms with Gasteiger partial charge < -0.3 is 19.7 Å². The van der Waals surface area contributed by atoms with Crippen LogP contribution in [0.2, 0.25) is 0 Å². The molecule has 0 aromatic heterocycles. The third-order valence-electron chi connectivity index (χ3n) is 4.93. The molecule has 1 N–H and O–H groups in total. The van der Waals surface area contributed by atoms with E-state index in [0.717, 1.165) is 18.5 Å². The molecule has 1 aliphatic rings. The van der Waals surface area contributed by atoms with Gasteiger partial charge in [0.05, 0.1) is 25.8 Å². The normalized spacial score (nSPS) is 16.2. The minimum Gasteiger partial charge on any atom is -0.497 e. The lowest BCUT2D eigenvalue weighted by molar-refractivity contribution is -0.122. The number of carbonyl (C=O) groups is 2. The first-order chi connectivity index (χ1) is 13.5. The summed E-state index contributed by atoms with van der Waals surface area (Å²) in [5.74, 6) is 0.538. The van der Waals surface area contributed by atoms with Crippen LogP contribution in [0.1, 0.15) is 25.3 Å². The van der Waals surface area contributed by atoms with Crippen LogP contribution in [0, 0.1) is 5.92 Å². The van der Waals surface area contributed by atoms with Crippen molar-refractivity contribution in [2.24, 2.45) is 5.92 Å². The van der Waals surface area contributed by atoms with Gasteiger partial charge in [-0.05, 0) is 36.2 Å². The number of nitrogens with zero attached hydrogens (tertiary/aromatic N) is 1. The monoisotopic (exact) mass is 382 g/mol. The molecule has 148 valence electrons. The molecule has 3 rings (SSSR count). The van der Waals surface area contributed by atoms with Crippen LogP contribution in [0.3, 0.4) is 0 Å². The molecule has 1 aliphatic heterocycles. The highest BCUT2D eigenvalue weighted by Crippen LogP contribution is 2.36. The minimum atomic E-state index is -0.408. The van der Waals surface area contributed by atoms with Gasteiger partial charge in [-0.2, -0.15) is 0 Å². The van der Waals surface area contributed by atoms with E-state index in [1.807, 2.05) is 24.3 Å². The molecule has 1 saturated heterocycles. The molecule has 2 aromatic rings. The van der Waals surface area contributed by atoms with Crippen LogP contribution in [-0.2, 0) is 16.0 Å². The predicted molar refractivity (Wildman–Crippen MR) is 109 cm³/mol. The van der Waals surface area contributed by atoms with Crippen LogP contribution in [0.4, 0.5) is 11.4 Å². The number of amides is 2. The number of carbonyl (C=O) groups excluding carboxylic acids is 2. The Morgan fingerprint density at radius 3 is 2.54 bits per heavy atom. The summed E-state index contributed by atoms with van der Waals surface area (Å²) in [6, 6.07) is 13.1. The maximum Gasteiger partial charge on any atom is 0.229 e. The molecule has 0 aliphatic carbocycles. The van der Waals surface area contributed by atoms with Gasteiger partial charge in [0.15, 0.2) is 0 Å². The average molecular weight is 382 g/mol. The molecule has 1 heterocycles. The lowest BCUT2D eigenvalue weighted by atomic mass is 10.1. The van der Waals surface area contributed by atoms with Crippen molar-refractivity contribution >= 4 is 23.2 Å². The van der Waals surface area contributed by atoms with E-state index >= 15 is 0 Å². The highest BCUT2D eigenvalue weighted by Gasteiger charge is 2.36. The summed E-state index contributed by atoms with van der Waals surface area (Å²) >= 11 is 0. The van der Waals surface area contributed by atoms with Crippen LogP contribution in [-0.4, -0.2) is 32.6 Å². The van der Waals surface area contributed by atoms with Crippen molar-refractivity contribution < 1.29 is 19.1 Å². The number of anilines is 2. The lowest BCUT2D eigenvalue weighted by Crippen LogP contribution is -2.28. The molecular formula is C22H26N2O4. The van der Waals surface area contributed by atoms with Crippen LogP contribution < -0.4 is 19.7 Å². The highest BCUT2D eigenvalue weighted by molar-refractivity contribution is 6.04. The standard InChI is InChI=1S/C22H26N2O4/c1-4-5-15-6-8-17(9-7-15)23-22(26)16-12-21(25)24(14-16)19-11-10-18(27-2)13-20(19)28-3/h6-11,13,16H,4-5,12,14H2,1-3H3,(H,23,26). The van der Waals surface area contributed by atoms with E-state index in [1.165, 1.54) is 5.56 Å². The Morgan fingerprint density at radius 1 is 1.14 bits per heavy atom. The van der Waals surface area contributed by atoms with Gasteiger partial charge in [-0.1, -0.05) is 25.5 Å². The first kappa shape index (κ1) is 19.7. The van der Waals surface area contributed by atoms with Gasteiger partial charge in [-0.15, -0.1) is 0 Å². The Balaban J connectivity index is 1.69. The minimum absolute atomic E-state index is 0.0955.